The molecule has 1 fully saturated rings. The average molecular weight is 520 g/mol. The standard InChI is InChI=1S/C21H24Cl2FN3O3S2/c1-2-12-32(29,30)27-10-8-21(9-11-27,18-4-3-5-19(26-18)31-24)14-25-20(28)16-7-6-15(22)13-17(16)23/h3-7,13H,2,8-12,14H2,1H3,(H,25,28). The Balaban J connectivity index is 1.84. The van der Waals surface area contributed by atoms with Crippen molar-refractivity contribution < 1.29 is 17.1 Å². The second-order valence-corrected chi connectivity index (χ2v) is 11.2. The van der Waals surface area contributed by atoms with E-state index in [0.717, 1.165) is 0 Å². The van der Waals surface area contributed by atoms with Gasteiger partial charge in [-0.15, -0.1) is 0 Å². The number of nitrogens with one attached hydrogen (secondary N) is 1. The third kappa shape index (κ3) is 5.75. The summed E-state index contributed by atoms with van der Waals surface area (Å²) in [7, 11) is -3.33. The number of rotatable bonds is 8. The monoisotopic (exact) mass is 519 g/mol. The smallest absolute Gasteiger partial charge is 0.252 e. The quantitative estimate of drug-likeness (QED) is 0.538. The zero-order valence-corrected chi connectivity index (χ0v) is 20.6. The molecule has 0 unspecified atom stereocenters. The Morgan fingerprint density at radius 3 is 2.59 bits per heavy atom. The number of pyridine rings is 1. The van der Waals surface area contributed by atoms with Gasteiger partial charge in [-0.3, -0.25) is 4.79 Å². The fourth-order valence-corrected chi connectivity index (χ4v) is 6.14. The maximum atomic E-state index is 13.2. The third-order valence-electron chi connectivity index (χ3n) is 5.64. The lowest BCUT2D eigenvalue weighted by molar-refractivity contribution is 0.0932. The van der Waals surface area contributed by atoms with Gasteiger partial charge in [0.25, 0.3) is 5.91 Å². The van der Waals surface area contributed by atoms with Crippen LogP contribution in [0, 0.1) is 0 Å². The Bertz CT molecular complexity index is 1080. The predicted octanol–water partition coefficient (Wildman–Crippen LogP) is 4.87. The number of sulfonamides is 1. The van der Waals surface area contributed by atoms with Crippen LogP contribution in [0.3, 0.4) is 0 Å². The SMILES string of the molecule is CCCS(=O)(=O)N1CCC(CNC(=O)c2ccc(Cl)cc2Cl)(c2cccc(SF)n2)CC1. The Morgan fingerprint density at radius 1 is 1.25 bits per heavy atom. The molecule has 2 aromatic rings. The average Bonchev–Trinajstić information content (AvgIpc) is 2.77. The molecule has 1 saturated heterocycles. The number of benzene rings is 1. The van der Waals surface area contributed by atoms with Crippen molar-refractivity contribution in [1.82, 2.24) is 14.6 Å². The van der Waals surface area contributed by atoms with Gasteiger partial charge in [0, 0.05) is 35.8 Å². The van der Waals surface area contributed by atoms with Crippen LogP contribution >= 0.6 is 35.3 Å². The Kier molecular flexibility index (Phi) is 8.43. The summed E-state index contributed by atoms with van der Waals surface area (Å²) in [6.45, 7) is 2.64. The van der Waals surface area contributed by atoms with Gasteiger partial charge in [0.05, 0.1) is 16.3 Å². The zero-order chi connectivity index (χ0) is 23.4. The number of piperidine rings is 1. The molecule has 0 radical (unpaired) electrons. The maximum absolute atomic E-state index is 13.2. The van der Waals surface area contributed by atoms with Gasteiger partial charge in [-0.05, 0) is 49.6 Å². The van der Waals surface area contributed by atoms with Crippen LogP contribution in [0.2, 0.25) is 10.0 Å². The summed E-state index contributed by atoms with van der Waals surface area (Å²) in [5.41, 5.74) is 0.267. The van der Waals surface area contributed by atoms with E-state index in [0.29, 0.717) is 43.1 Å². The number of aromatic nitrogens is 1. The number of amides is 1. The lowest BCUT2D eigenvalue weighted by atomic mass is 9.75. The number of hydrogen-bond acceptors (Lipinski definition) is 5. The second-order valence-electron chi connectivity index (χ2n) is 7.74. The molecule has 6 nitrogen and oxygen atoms in total. The van der Waals surface area contributed by atoms with Crippen LogP contribution in [0.15, 0.2) is 41.4 Å². The Hall–Kier alpha value is -1.39. The van der Waals surface area contributed by atoms with E-state index < -0.39 is 15.4 Å². The molecule has 1 amide bonds. The molecule has 32 heavy (non-hydrogen) atoms. The van der Waals surface area contributed by atoms with E-state index in [1.54, 1.807) is 30.3 Å². The van der Waals surface area contributed by atoms with E-state index in [-0.39, 0.29) is 46.0 Å². The minimum absolute atomic E-state index is 0.0469. The van der Waals surface area contributed by atoms with Gasteiger partial charge in [-0.2, -0.15) is 3.89 Å². The van der Waals surface area contributed by atoms with E-state index in [4.69, 9.17) is 23.2 Å². The number of nitrogens with zero attached hydrogens (tertiary/aromatic N) is 2. The fraction of sp³-hybridized carbons (Fsp3) is 0.429. The highest BCUT2D eigenvalue weighted by Gasteiger charge is 2.40. The third-order valence-corrected chi connectivity index (χ3v) is 8.65. The van der Waals surface area contributed by atoms with Crippen LogP contribution in [0.5, 0.6) is 0 Å². The summed E-state index contributed by atoms with van der Waals surface area (Å²) in [5.74, 6) is -0.277. The molecule has 0 atom stereocenters. The summed E-state index contributed by atoms with van der Waals surface area (Å²) in [6, 6.07) is 9.69. The van der Waals surface area contributed by atoms with Crippen LogP contribution in [0.4, 0.5) is 3.89 Å². The number of hydrogen-bond donors (Lipinski definition) is 1. The molecule has 174 valence electrons. The highest BCUT2D eigenvalue weighted by Crippen LogP contribution is 2.36. The van der Waals surface area contributed by atoms with Crippen molar-refractivity contribution in [3.8, 4) is 0 Å². The van der Waals surface area contributed by atoms with Gasteiger partial charge in [0.2, 0.25) is 10.0 Å². The molecule has 1 aromatic heterocycles. The molecule has 0 saturated carbocycles. The van der Waals surface area contributed by atoms with E-state index in [1.807, 2.05) is 6.92 Å². The second kappa shape index (κ2) is 10.7. The van der Waals surface area contributed by atoms with E-state index in [1.165, 1.54) is 10.4 Å². The van der Waals surface area contributed by atoms with E-state index in [2.05, 4.69) is 10.3 Å². The molecule has 2 heterocycles. The normalized spacial score (nSPS) is 16.6. The summed E-state index contributed by atoms with van der Waals surface area (Å²) in [4.78, 5) is 17.2. The van der Waals surface area contributed by atoms with Gasteiger partial charge < -0.3 is 5.32 Å². The van der Waals surface area contributed by atoms with Crippen LogP contribution in [0.25, 0.3) is 0 Å². The molecule has 0 bridgehead atoms. The van der Waals surface area contributed by atoms with Gasteiger partial charge in [-0.25, -0.2) is 17.7 Å². The van der Waals surface area contributed by atoms with Crippen LogP contribution in [-0.4, -0.2) is 49.0 Å². The van der Waals surface area contributed by atoms with Crippen molar-refractivity contribution in [1.29, 1.82) is 0 Å². The fourth-order valence-electron chi connectivity index (χ4n) is 3.87. The molecule has 11 heteroatoms. The van der Waals surface area contributed by atoms with Gasteiger partial charge >= 0.3 is 0 Å². The Labute approximate surface area is 202 Å². The highest BCUT2D eigenvalue weighted by molar-refractivity contribution is 7.94. The van der Waals surface area contributed by atoms with E-state index >= 15 is 0 Å². The first-order valence-corrected chi connectivity index (χ1v) is 13.3. The van der Waals surface area contributed by atoms with Gasteiger partial charge in [0.15, 0.2) is 0 Å². The molecule has 3 rings (SSSR count). The first-order chi connectivity index (χ1) is 15.2. The van der Waals surface area contributed by atoms with Crippen molar-refractivity contribution >= 4 is 51.3 Å². The predicted molar refractivity (Wildman–Crippen MR) is 127 cm³/mol. The lowest BCUT2D eigenvalue weighted by Crippen LogP contribution is -2.51. The maximum Gasteiger partial charge on any atom is 0.252 e. The summed E-state index contributed by atoms with van der Waals surface area (Å²) < 4.78 is 39.7. The summed E-state index contributed by atoms with van der Waals surface area (Å²) in [6.07, 6.45) is 1.43. The van der Waals surface area contributed by atoms with Crippen LogP contribution < -0.4 is 5.32 Å². The highest BCUT2D eigenvalue weighted by atomic mass is 35.5. The van der Waals surface area contributed by atoms with Gasteiger partial charge in [-0.1, -0.05) is 36.2 Å². The van der Waals surface area contributed by atoms with Crippen molar-refractivity contribution in [3.05, 3.63) is 57.7 Å². The summed E-state index contributed by atoms with van der Waals surface area (Å²) in [5, 5.41) is 3.79. The minimum Gasteiger partial charge on any atom is -0.351 e. The first kappa shape index (κ1) is 25.2. The van der Waals surface area contributed by atoms with E-state index in [9.17, 15) is 17.1 Å². The molecule has 1 aromatic carbocycles. The topological polar surface area (TPSA) is 79.4 Å². The minimum atomic E-state index is -3.33. The lowest BCUT2D eigenvalue weighted by Gasteiger charge is -2.41. The van der Waals surface area contributed by atoms with Crippen molar-refractivity contribution in [2.45, 2.75) is 36.6 Å². The molecular formula is C21H24Cl2FN3O3S2. The van der Waals surface area contributed by atoms with Crippen molar-refractivity contribution in [2.75, 3.05) is 25.4 Å². The largest absolute Gasteiger partial charge is 0.351 e. The van der Waals surface area contributed by atoms with Crippen LogP contribution in [-0.2, 0) is 15.4 Å². The molecule has 1 aliphatic heterocycles. The first-order valence-electron chi connectivity index (χ1n) is 10.2. The molecule has 0 aliphatic carbocycles. The van der Waals surface area contributed by atoms with Crippen molar-refractivity contribution in [2.24, 2.45) is 0 Å². The van der Waals surface area contributed by atoms with Crippen LogP contribution in [0.1, 0.15) is 42.2 Å². The number of carbonyl (C=O) groups is 1. The number of halogens is 3. The summed E-state index contributed by atoms with van der Waals surface area (Å²) >= 11 is 12.1. The van der Waals surface area contributed by atoms with Gasteiger partial charge in [0.1, 0.15) is 17.2 Å². The number of carbonyl (C=O) groups excluding carboxylic acids is 1. The molecule has 1 aliphatic rings. The zero-order valence-electron chi connectivity index (χ0n) is 17.5. The molecule has 0 spiro atoms. The Morgan fingerprint density at radius 2 is 1.97 bits per heavy atom. The molecular weight excluding hydrogens is 496 g/mol. The molecule has 1 N–H and O–H groups in total. The van der Waals surface area contributed by atoms with Crippen molar-refractivity contribution in [3.63, 3.8) is 0 Å².